The van der Waals surface area contributed by atoms with Crippen LogP contribution in [0.2, 0.25) is 0 Å². The average Bonchev–Trinajstić information content (AvgIpc) is 2.57. The van der Waals surface area contributed by atoms with Gasteiger partial charge in [0, 0.05) is 4.90 Å². The summed E-state index contributed by atoms with van der Waals surface area (Å²) in [5.74, 6) is -0.234. The first kappa shape index (κ1) is 22.5. The first-order chi connectivity index (χ1) is 13.0. The van der Waals surface area contributed by atoms with E-state index in [-0.39, 0.29) is 11.8 Å². The van der Waals surface area contributed by atoms with Crippen LogP contribution in [-0.4, -0.2) is 19.3 Å². The Morgan fingerprint density at radius 3 is 1.86 bits per heavy atom. The number of hydrogen-bond donors (Lipinski definition) is 1. The predicted octanol–water partition coefficient (Wildman–Crippen LogP) is 5.61. The number of rotatable bonds is 7. The predicted molar refractivity (Wildman–Crippen MR) is 119 cm³/mol. The molecule has 1 N–H and O–H groups in total. The molecule has 0 aromatic heterocycles. The molecular formula is C22H29NO3S2. The van der Waals surface area contributed by atoms with E-state index in [1.54, 1.807) is 0 Å². The summed E-state index contributed by atoms with van der Waals surface area (Å²) < 4.78 is 28.3. The number of aryl methyl sites for hydroxylation is 2. The Bertz CT molecular complexity index is 917. The third kappa shape index (κ3) is 5.61. The lowest BCUT2D eigenvalue weighted by Crippen LogP contribution is -2.23. The number of sulfonamides is 1. The van der Waals surface area contributed by atoms with Crippen molar-refractivity contribution < 1.29 is 13.2 Å². The molecule has 0 heterocycles. The Labute approximate surface area is 173 Å². The molecule has 0 aliphatic heterocycles. The van der Waals surface area contributed by atoms with Crippen LogP contribution in [0.25, 0.3) is 0 Å². The maximum atomic E-state index is 12.8. The van der Waals surface area contributed by atoms with Crippen molar-refractivity contribution in [2.45, 2.75) is 58.3 Å². The largest absolute Gasteiger partial charge is 0.286 e. The fourth-order valence-electron chi connectivity index (χ4n) is 3.12. The van der Waals surface area contributed by atoms with Crippen molar-refractivity contribution in [2.75, 3.05) is 10.5 Å². The highest BCUT2D eigenvalue weighted by Gasteiger charge is 2.23. The van der Waals surface area contributed by atoms with E-state index < -0.39 is 20.9 Å². The lowest BCUT2D eigenvalue weighted by atomic mass is 9.93. The van der Waals surface area contributed by atoms with E-state index in [1.807, 2.05) is 77.9 Å². The van der Waals surface area contributed by atoms with E-state index in [0.717, 1.165) is 38.9 Å². The van der Waals surface area contributed by atoms with Crippen LogP contribution in [0.5, 0.6) is 0 Å². The molecule has 0 spiro atoms. The van der Waals surface area contributed by atoms with E-state index in [1.165, 1.54) is 0 Å². The molecule has 2 rings (SSSR count). The standard InChI is InChI=1S/C22H29NO3S2/c1-14(2)18-11-8-12-19(15(3)4)21(18)23-28(25,26)13-20(24)27-22-16(5)9-7-10-17(22)6/h7-12,14-15,23H,13H2,1-6H3. The van der Waals surface area contributed by atoms with Crippen molar-refractivity contribution in [1.29, 1.82) is 0 Å². The van der Waals surface area contributed by atoms with Gasteiger partial charge in [-0.3, -0.25) is 9.52 Å². The number of anilines is 1. The fourth-order valence-corrected chi connectivity index (χ4v) is 5.44. The van der Waals surface area contributed by atoms with E-state index in [4.69, 9.17) is 0 Å². The summed E-state index contributed by atoms with van der Waals surface area (Å²) in [5, 5.41) is -0.391. The van der Waals surface area contributed by atoms with Crippen LogP contribution < -0.4 is 4.72 Å². The van der Waals surface area contributed by atoms with Gasteiger partial charge in [0.05, 0.1) is 5.69 Å². The number of carbonyl (C=O) groups is 1. The van der Waals surface area contributed by atoms with Crippen LogP contribution in [0.3, 0.4) is 0 Å². The number of para-hydroxylation sites is 1. The van der Waals surface area contributed by atoms with Gasteiger partial charge < -0.3 is 0 Å². The molecule has 0 amide bonds. The Morgan fingerprint density at radius 1 is 0.929 bits per heavy atom. The van der Waals surface area contributed by atoms with E-state index in [2.05, 4.69) is 4.72 Å². The van der Waals surface area contributed by atoms with Gasteiger partial charge in [-0.2, -0.15) is 0 Å². The van der Waals surface area contributed by atoms with Gasteiger partial charge in [-0.25, -0.2) is 8.42 Å². The molecule has 2 aromatic carbocycles. The normalized spacial score (nSPS) is 11.9. The molecule has 0 radical (unpaired) electrons. The number of carbonyl (C=O) groups excluding carboxylic acids is 1. The molecule has 0 unspecified atom stereocenters. The van der Waals surface area contributed by atoms with Gasteiger partial charge >= 0.3 is 0 Å². The molecule has 0 saturated heterocycles. The second-order valence-electron chi connectivity index (χ2n) is 7.68. The van der Waals surface area contributed by atoms with Crippen molar-refractivity contribution in [3.05, 3.63) is 58.7 Å². The smallest absolute Gasteiger partial charge is 0.240 e. The van der Waals surface area contributed by atoms with Crippen LogP contribution in [0.1, 0.15) is 61.8 Å². The minimum Gasteiger partial charge on any atom is -0.286 e. The highest BCUT2D eigenvalue weighted by atomic mass is 32.2. The number of benzene rings is 2. The van der Waals surface area contributed by atoms with Crippen LogP contribution in [0, 0.1) is 13.8 Å². The molecule has 0 aliphatic rings. The SMILES string of the molecule is Cc1cccc(C)c1SC(=O)CS(=O)(=O)Nc1c(C(C)C)cccc1C(C)C. The Balaban J connectivity index is 2.26. The monoisotopic (exact) mass is 419 g/mol. The van der Waals surface area contributed by atoms with Gasteiger partial charge in [0.25, 0.3) is 0 Å². The highest BCUT2D eigenvalue weighted by Crippen LogP contribution is 2.33. The second kappa shape index (κ2) is 9.14. The second-order valence-corrected chi connectivity index (χ2v) is 10.5. The summed E-state index contributed by atoms with van der Waals surface area (Å²) in [6.07, 6.45) is 0. The topological polar surface area (TPSA) is 63.2 Å². The molecule has 0 atom stereocenters. The molecule has 28 heavy (non-hydrogen) atoms. The molecule has 0 saturated carbocycles. The summed E-state index contributed by atoms with van der Waals surface area (Å²) in [5.41, 5.74) is 4.42. The molecule has 4 nitrogen and oxygen atoms in total. The first-order valence-corrected chi connectivity index (χ1v) is 11.9. The van der Waals surface area contributed by atoms with Crippen LogP contribution in [-0.2, 0) is 14.8 Å². The van der Waals surface area contributed by atoms with E-state index in [0.29, 0.717) is 5.69 Å². The summed E-state index contributed by atoms with van der Waals surface area (Å²) in [6, 6.07) is 11.6. The lowest BCUT2D eigenvalue weighted by Gasteiger charge is -2.20. The minimum absolute atomic E-state index is 0.163. The van der Waals surface area contributed by atoms with Crippen molar-refractivity contribution in [2.24, 2.45) is 0 Å². The molecule has 0 aliphatic carbocycles. The zero-order valence-corrected chi connectivity index (χ0v) is 19.0. The summed E-state index contributed by atoms with van der Waals surface area (Å²) in [4.78, 5) is 13.3. The average molecular weight is 420 g/mol. The maximum Gasteiger partial charge on any atom is 0.240 e. The summed E-state index contributed by atoms with van der Waals surface area (Å²) in [7, 11) is -3.81. The van der Waals surface area contributed by atoms with Gasteiger partial charge in [0.15, 0.2) is 0 Å². The van der Waals surface area contributed by atoms with Gasteiger partial charge in [-0.05, 0) is 47.9 Å². The van der Waals surface area contributed by atoms with Gasteiger partial charge in [0.2, 0.25) is 15.1 Å². The maximum absolute atomic E-state index is 12.8. The third-order valence-electron chi connectivity index (χ3n) is 4.56. The highest BCUT2D eigenvalue weighted by molar-refractivity contribution is 8.15. The minimum atomic E-state index is -3.81. The van der Waals surface area contributed by atoms with Crippen molar-refractivity contribution in [3.63, 3.8) is 0 Å². The van der Waals surface area contributed by atoms with Crippen LogP contribution >= 0.6 is 11.8 Å². The third-order valence-corrected chi connectivity index (χ3v) is 7.12. The number of nitrogens with one attached hydrogen (secondary N) is 1. The molecule has 0 bridgehead atoms. The number of thioether (sulfide) groups is 1. The van der Waals surface area contributed by atoms with Crippen LogP contribution in [0.15, 0.2) is 41.3 Å². The Kier molecular flexibility index (Phi) is 7.34. The van der Waals surface area contributed by atoms with Gasteiger partial charge in [0.1, 0.15) is 5.75 Å². The van der Waals surface area contributed by atoms with Gasteiger partial charge in [-0.1, -0.05) is 75.9 Å². The van der Waals surface area contributed by atoms with Gasteiger partial charge in [-0.15, -0.1) is 0 Å². The molecular weight excluding hydrogens is 390 g/mol. The zero-order chi connectivity index (χ0) is 21.1. The van der Waals surface area contributed by atoms with Crippen molar-refractivity contribution >= 4 is 32.6 Å². The van der Waals surface area contributed by atoms with Crippen molar-refractivity contribution in [3.8, 4) is 0 Å². The quantitative estimate of drug-likeness (QED) is 0.592. The Morgan fingerprint density at radius 2 is 1.39 bits per heavy atom. The summed E-state index contributed by atoms with van der Waals surface area (Å²) in [6.45, 7) is 11.9. The molecule has 0 fully saturated rings. The van der Waals surface area contributed by atoms with Crippen LogP contribution in [0.4, 0.5) is 5.69 Å². The fraction of sp³-hybridized carbons (Fsp3) is 0.409. The number of hydrogen-bond acceptors (Lipinski definition) is 4. The zero-order valence-electron chi connectivity index (χ0n) is 17.4. The van der Waals surface area contributed by atoms with Crippen molar-refractivity contribution in [1.82, 2.24) is 0 Å². The Hall–Kier alpha value is -1.79. The molecule has 6 heteroatoms. The molecule has 152 valence electrons. The lowest BCUT2D eigenvalue weighted by molar-refractivity contribution is -0.108. The van der Waals surface area contributed by atoms with E-state index in [9.17, 15) is 13.2 Å². The first-order valence-electron chi connectivity index (χ1n) is 9.42. The summed E-state index contributed by atoms with van der Waals surface area (Å²) >= 11 is 0.997. The van der Waals surface area contributed by atoms with E-state index >= 15 is 0 Å². The molecule has 2 aromatic rings.